The van der Waals surface area contributed by atoms with E-state index in [1.165, 1.54) is 10.9 Å². The van der Waals surface area contributed by atoms with Gasteiger partial charge in [0.15, 0.2) is 0 Å². The number of nitrogens with zero attached hydrogens (tertiary/aromatic N) is 3. The summed E-state index contributed by atoms with van der Waals surface area (Å²) in [6.45, 7) is 0.0321. The zero-order valence-electron chi connectivity index (χ0n) is 14.2. The topological polar surface area (TPSA) is 29.0 Å². The third-order valence-electron chi connectivity index (χ3n) is 4.82. The van der Waals surface area contributed by atoms with Crippen molar-refractivity contribution in [3.05, 3.63) is 97.3 Å². The van der Waals surface area contributed by atoms with Crippen LogP contribution in [0.25, 0.3) is 11.3 Å². The average molecular weight is 333 g/mol. The van der Waals surface area contributed by atoms with Gasteiger partial charge in [0.1, 0.15) is 5.82 Å². The fourth-order valence-electron chi connectivity index (χ4n) is 3.74. The van der Waals surface area contributed by atoms with Gasteiger partial charge in [0.25, 0.3) is 0 Å². The summed E-state index contributed by atoms with van der Waals surface area (Å²) in [5, 5.41) is 0. The summed E-state index contributed by atoms with van der Waals surface area (Å²) in [6.07, 6.45) is 3.72. The molecule has 2 aromatic heterocycles. The van der Waals surface area contributed by atoms with Crippen molar-refractivity contribution in [1.82, 2.24) is 9.97 Å². The molecule has 0 saturated heterocycles. The van der Waals surface area contributed by atoms with Crippen molar-refractivity contribution in [2.45, 2.75) is 0 Å². The molecule has 0 radical (unpaired) electrons. The van der Waals surface area contributed by atoms with Crippen molar-refractivity contribution >= 4 is 29.3 Å². The molecule has 0 spiro atoms. The van der Waals surface area contributed by atoms with Crippen LogP contribution in [0.1, 0.15) is 0 Å². The lowest BCUT2D eigenvalue weighted by atomic mass is 9.46. The molecule has 26 heavy (non-hydrogen) atoms. The number of benzene rings is 2. The number of rotatable bonds is 2. The molecular formula is C22H16BN3. The van der Waals surface area contributed by atoms with Crippen LogP contribution in [-0.4, -0.2) is 16.8 Å². The van der Waals surface area contributed by atoms with Crippen LogP contribution in [0.3, 0.4) is 0 Å². The third-order valence-corrected chi connectivity index (χ3v) is 4.82. The molecular weight excluding hydrogens is 317 g/mol. The first-order chi connectivity index (χ1) is 12.9. The van der Waals surface area contributed by atoms with Gasteiger partial charge < -0.3 is 4.81 Å². The molecule has 122 valence electrons. The molecule has 0 unspecified atom stereocenters. The Morgan fingerprint density at radius 3 is 2.27 bits per heavy atom. The number of fused-ring (bicyclic) bond motifs is 3. The summed E-state index contributed by atoms with van der Waals surface area (Å²) < 4.78 is 0. The van der Waals surface area contributed by atoms with Gasteiger partial charge in [-0.3, -0.25) is 4.98 Å². The van der Waals surface area contributed by atoms with Crippen LogP contribution in [0, 0.1) is 0 Å². The summed E-state index contributed by atoms with van der Waals surface area (Å²) in [6, 6.07) is 29.2. The first kappa shape index (κ1) is 14.9. The van der Waals surface area contributed by atoms with Crippen molar-refractivity contribution in [1.29, 1.82) is 0 Å². The van der Waals surface area contributed by atoms with E-state index in [-0.39, 0.29) is 6.85 Å². The van der Waals surface area contributed by atoms with E-state index in [2.05, 4.69) is 76.5 Å². The Kier molecular flexibility index (Phi) is 3.53. The Morgan fingerprint density at radius 2 is 1.42 bits per heavy atom. The Bertz CT molecular complexity index is 964. The molecule has 4 aromatic rings. The third kappa shape index (κ3) is 2.31. The molecule has 4 heteroatoms. The van der Waals surface area contributed by atoms with Crippen LogP contribution in [0.15, 0.2) is 97.3 Å². The smallest absolute Gasteiger partial charge is 0.331 e. The van der Waals surface area contributed by atoms with Crippen LogP contribution in [0.4, 0.5) is 11.5 Å². The summed E-state index contributed by atoms with van der Waals surface area (Å²) in [4.78, 5) is 11.7. The maximum atomic E-state index is 4.72. The van der Waals surface area contributed by atoms with Crippen LogP contribution >= 0.6 is 0 Å². The first-order valence-corrected chi connectivity index (χ1v) is 8.73. The molecule has 1 aliphatic rings. The van der Waals surface area contributed by atoms with E-state index in [4.69, 9.17) is 4.98 Å². The summed E-state index contributed by atoms with van der Waals surface area (Å²) in [5.41, 5.74) is 5.74. The van der Waals surface area contributed by atoms with Gasteiger partial charge in [-0.05, 0) is 29.7 Å². The number of anilines is 2. The fraction of sp³-hybridized carbons (Fsp3) is 0. The van der Waals surface area contributed by atoms with Gasteiger partial charge in [-0.2, -0.15) is 0 Å². The van der Waals surface area contributed by atoms with Gasteiger partial charge in [0.2, 0.25) is 0 Å². The van der Waals surface area contributed by atoms with Gasteiger partial charge in [-0.25, -0.2) is 4.98 Å². The highest BCUT2D eigenvalue weighted by atomic mass is 15.1. The van der Waals surface area contributed by atoms with E-state index in [1.54, 1.807) is 0 Å². The largest absolute Gasteiger partial charge is 0.361 e. The second-order valence-electron chi connectivity index (χ2n) is 6.33. The molecule has 0 N–H and O–H groups in total. The van der Waals surface area contributed by atoms with Gasteiger partial charge in [-0.1, -0.05) is 66.1 Å². The van der Waals surface area contributed by atoms with Crippen LogP contribution in [-0.2, 0) is 0 Å². The van der Waals surface area contributed by atoms with Gasteiger partial charge in [0, 0.05) is 23.6 Å². The number of para-hydroxylation sites is 1. The van der Waals surface area contributed by atoms with Crippen LogP contribution in [0.2, 0.25) is 0 Å². The zero-order chi connectivity index (χ0) is 17.3. The monoisotopic (exact) mass is 333 g/mol. The second kappa shape index (κ2) is 6.15. The quantitative estimate of drug-likeness (QED) is 0.527. The predicted molar refractivity (Wildman–Crippen MR) is 108 cm³/mol. The normalized spacial score (nSPS) is 12.5. The van der Waals surface area contributed by atoms with Crippen molar-refractivity contribution in [3.8, 4) is 11.3 Å². The summed E-state index contributed by atoms with van der Waals surface area (Å²) in [7, 11) is 0. The number of pyridine rings is 2. The minimum atomic E-state index is 0.0321. The lowest BCUT2D eigenvalue weighted by molar-refractivity contribution is 1.21. The highest BCUT2D eigenvalue weighted by Crippen LogP contribution is 2.37. The molecule has 0 amide bonds. The Morgan fingerprint density at radius 1 is 0.654 bits per heavy atom. The van der Waals surface area contributed by atoms with Crippen molar-refractivity contribution in [2.75, 3.05) is 4.81 Å². The standard InChI is InChI=1S/C22H16BN3/c1-2-9-17(10-3-1)23-19-12-8-16-25-22(19)18-11-4-5-13-20(18)26(23)21-14-6-7-15-24-21/h1-16H. The summed E-state index contributed by atoms with van der Waals surface area (Å²) >= 11 is 0. The zero-order valence-corrected chi connectivity index (χ0v) is 14.2. The lowest BCUT2D eigenvalue weighted by Gasteiger charge is -2.37. The molecule has 0 fully saturated rings. The van der Waals surface area contributed by atoms with E-state index in [9.17, 15) is 0 Å². The van der Waals surface area contributed by atoms with E-state index >= 15 is 0 Å². The predicted octanol–water partition coefficient (Wildman–Crippen LogP) is 3.40. The van der Waals surface area contributed by atoms with Crippen LogP contribution < -0.4 is 15.7 Å². The second-order valence-corrected chi connectivity index (χ2v) is 6.33. The Labute approximate surface area is 153 Å². The van der Waals surface area contributed by atoms with Crippen molar-refractivity contribution in [2.24, 2.45) is 0 Å². The van der Waals surface area contributed by atoms with E-state index in [1.807, 2.05) is 30.6 Å². The maximum Gasteiger partial charge on any atom is 0.331 e. The number of hydrogen-bond acceptors (Lipinski definition) is 3. The molecule has 0 bridgehead atoms. The number of aromatic nitrogens is 2. The van der Waals surface area contributed by atoms with E-state index in [0.717, 1.165) is 22.8 Å². The maximum absolute atomic E-state index is 4.72. The molecule has 2 aromatic carbocycles. The molecule has 5 rings (SSSR count). The van der Waals surface area contributed by atoms with Gasteiger partial charge in [0.05, 0.1) is 5.69 Å². The molecule has 3 nitrogen and oxygen atoms in total. The molecule has 0 saturated carbocycles. The van der Waals surface area contributed by atoms with E-state index in [0.29, 0.717) is 0 Å². The Balaban J connectivity index is 1.83. The SMILES string of the molecule is c1ccc(B2c3cccnc3-c3ccccc3N2c2ccccn2)cc1. The summed E-state index contributed by atoms with van der Waals surface area (Å²) in [5.74, 6) is 0.934. The fourth-order valence-corrected chi connectivity index (χ4v) is 3.74. The molecule has 1 aliphatic heterocycles. The first-order valence-electron chi connectivity index (χ1n) is 8.73. The van der Waals surface area contributed by atoms with Gasteiger partial charge >= 0.3 is 6.85 Å². The van der Waals surface area contributed by atoms with Crippen molar-refractivity contribution in [3.63, 3.8) is 0 Å². The van der Waals surface area contributed by atoms with Gasteiger partial charge in [-0.15, -0.1) is 0 Å². The molecule has 0 aliphatic carbocycles. The highest BCUT2D eigenvalue weighted by molar-refractivity contribution is 6.90. The average Bonchev–Trinajstić information content (AvgIpc) is 2.74. The highest BCUT2D eigenvalue weighted by Gasteiger charge is 2.37. The lowest BCUT2D eigenvalue weighted by Crippen LogP contribution is -2.57. The minimum absolute atomic E-state index is 0.0321. The molecule has 0 atom stereocenters. The minimum Gasteiger partial charge on any atom is -0.361 e. The van der Waals surface area contributed by atoms with Crippen molar-refractivity contribution < 1.29 is 0 Å². The number of hydrogen-bond donors (Lipinski definition) is 0. The van der Waals surface area contributed by atoms with E-state index < -0.39 is 0 Å². The van der Waals surface area contributed by atoms with Crippen LogP contribution in [0.5, 0.6) is 0 Å². The molecule has 3 heterocycles. The Hall–Kier alpha value is -3.40.